The number of rotatable bonds is 4. The fraction of sp³-hybridized carbons (Fsp3) is 0.400. The van der Waals surface area contributed by atoms with Gasteiger partial charge in [0.1, 0.15) is 0 Å². The van der Waals surface area contributed by atoms with E-state index in [1.807, 2.05) is 36.0 Å². The molecule has 0 radical (unpaired) electrons. The fourth-order valence-corrected chi connectivity index (χ4v) is 3.65. The van der Waals surface area contributed by atoms with Crippen LogP contribution in [0.15, 0.2) is 36.9 Å². The average molecular weight is 365 g/mol. The first kappa shape index (κ1) is 17.6. The second-order valence-electron chi connectivity index (χ2n) is 7.06. The summed E-state index contributed by atoms with van der Waals surface area (Å²) in [6.07, 6.45) is 9.11. The zero-order chi connectivity index (χ0) is 18.8. The number of nitrogens with one attached hydrogen (secondary N) is 1. The Balaban J connectivity index is 1.52. The molecule has 0 aliphatic heterocycles. The molecule has 2 aromatic heterocycles. The van der Waals surface area contributed by atoms with E-state index in [0.717, 1.165) is 47.8 Å². The molecule has 2 heterocycles. The number of imidazole rings is 1. The van der Waals surface area contributed by atoms with Crippen molar-refractivity contribution in [3.63, 3.8) is 0 Å². The van der Waals surface area contributed by atoms with Crippen LogP contribution in [-0.4, -0.2) is 38.6 Å². The van der Waals surface area contributed by atoms with Gasteiger partial charge in [-0.2, -0.15) is 0 Å². The number of aromatic nitrogens is 4. The molecule has 4 rings (SSSR count). The minimum Gasteiger partial charge on any atom is -0.381 e. The van der Waals surface area contributed by atoms with Crippen molar-refractivity contribution < 1.29 is 9.53 Å². The van der Waals surface area contributed by atoms with E-state index in [-0.39, 0.29) is 17.9 Å². The van der Waals surface area contributed by atoms with Crippen LogP contribution >= 0.6 is 0 Å². The van der Waals surface area contributed by atoms with E-state index in [1.54, 1.807) is 19.6 Å². The molecule has 27 heavy (non-hydrogen) atoms. The maximum Gasteiger partial charge on any atom is 0.229 e. The van der Waals surface area contributed by atoms with E-state index >= 15 is 0 Å². The Kier molecular flexibility index (Phi) is 4.85. The third-order valence-electron chi connectivity index (χ3n) is 5.31. The Bertz CT molecular complexity index is 960. The SMILES string of the molecule is CO[C@H]1CC[C@H](C(=O)Nc2ncc3ccc(-c4cncn4C)cc3n2)CC1. The smallest absolute Gasteiger partial charge is 0.229 e. The maximum atomic E-state index is 12.6. The van der Waals surface area contributed by atoms with Gasteiger partial charge >= 0.3 is 0 Å². The van der Waals surface area contributed by atoms with Crippen LogP contribution in [0, 0.1) is 5.92 Å². The van der Waals surface area contributed by atoms with Crippen LogP contribution in [0.2, 0.25) is 0 Å². The van der Waals surface area contributed by atoms with Crippen LogP contribution in [0.25, 0.3) is 22.2 Å². The van der Waals surface area contributed by atoms with Crippen LogP contribution in [0.1, 0.15) is 25.7 Å². The molecule has 0 atom stereocenters. The van der Waals surface area contributed by atoms with Crippen molar-refractivity contribution >= 4 is 22.8 Å². The monoisotopic (exact) mass is 365 g/mol. The highest BCUT2D eigenvalue weighted by atomic mass is 16.5. The lowest BCUT2D eigenvalue weighted by molar-refractivity contribution is -0.121. The predicted molar refractivity (Wildman–Crippen MR) is 103 cm³/mol. The lowest BCUT2D eigenvalue weighted by Gasteiger charge is -2.26. The molecule has 0 spiro atoms. The molecule has 1 aromatic carbocycles. The lowest BCUT2D eigenvalue weighted by atomic mass is 9.87. The van der Waals surface area contributed by atoms with Crippen LogP contribution in [0.4, 0.5) is 5.95 Å². The Morgan fingerprint density at radius 3 is 2.74 bits per heavy atom. The van der Waals surface area contributed by atoms with Gasteiger partial charge in [0, 0.05) is 37.2 Å². The Labute approximate surface area is 157 Å². The van der Waals surface area contributed by atoms with E-state index in [9.17, 15) is 4.79 Å². The number of methoxy groups -OCH3 is 1. The van der Waals surface area contributed by atoms with Crippen molar-refractivity contribution in [3.8, 4) is 11.3 Å². The molecule has 1 aliphatic carbocycles. The zero-order valence-electron chi connectivity index (χ0n) is 15.6. The normalized spacial score (nSPS) is 19.9. The molecule has 0 unspecified atom stereocenters. The minimum absolute atomic E-state index is 0.00326. The standard InChI is InChI=1S/C20H23N5O2/c1-25-12-21-11-18(25)14-3-4-15-10-22-20(23-17(15)9-14)24-19(26)13-5-7-16(27-2)8-6-13/h3-4,9-13,16H,5-8H2,1-2H3,(H,22,23,24,26)/t13-,16-. The van der Waals surface area contributed by atoms with Gasteiger partial charge in [-0.25, -0.2) is 15.0 Å². The second-order valence-corrected chi connectivity index (χ2v) is 7.06. The quantitative estimate of drug-likeness (QED) is 0.768. The van der Waals surface area contributed by atoms with Gasteiger partial charge in [-0.15, -0.1) is 0 Å². The van der Waals surface area contributed by atoms with Gasteiger partial charge < -0.3 is 9.30 Å². The highest BCUT2D eigenvalue weighted by Gasteiger charge is 2.26. The van der Waals surface area contributed by atoms with Gasteiger partial charge in [-0.1, -0.05) is 12.1 Å². The number of hydrogen-bond donors (Lipinski definition) is 1. The molecule has 140 valence electrons. The van der Waals surface area contributed by atoms with Crippen molar-refractivity contribution in [1.29, 1.82) is 0 Å². The first-order chi connectivity index (χ1) is 13.1. The molecule has 1 amide bonds. The van der Waals surface area contributed by atoms with Crippen LogP contribution in [0.3, 0.4) is 0 Å². The fourth-order valence-electron chi connectivity index (χ4n) is 3.65. The highest BCUT2D eigenvalue weighted by Crippen LogP contribution is 2.27. The third kappa shape index (κ3) is 3.68. The van der Waals surface area contributed by atoms with Crippen molar-refractivity contribution in [1.82, 2.24) is 19.5 Å². The summed E-state index contributed by atoms with van der Waals surface area (Å²) in [7, 11) is 3.68. The summed E-state index contributed by atoms with van der Waals surface area (Å²) in [4.78, 5) is 25.6. The van der Waals surface area contributed by atoms with Crippen molar-refractivity contribution in [3.05, 3.63) is 36.9 Å². The first-order valence-electron chi connectivity index (χ1n) is 9.21. The topological polar surface area (TPSA) is 81.9 Å². The Hall–Kier alpha value is -2.80. The second kappa shape index (κ2) is 7.44. The van der Waals surface area contributed by atoms with Gasteiger partial charge in [0.2, 0.25) is 11.9 Å². The summed E-state index contributed by atoms with van der Waals surface area (Å²) >= 11 is 0. The van der Waals surface area contributed by atoms with E-state index in [0.29, 0.717) is 5.95 Å². The molecule has 3 aromatic rings. The molecular formula is C20H23N5O2. The van der Waals surface area contributed by atoms with Gasteiger partial charge in [-0.05, 0) is 31.7 Å². The summed E-state index contributed by atoms with van der Waals surface area (Å²) in [6, 6.07) is 6.00. The van der Waals surface area contributed by atoms with Crippen LogP contribution < -0.4 is 5.32 Å². The molecule has 0 bridgehead atoms. The maximum absolute atomic E-state index is 12.6. The number of carbonyl (C=O) groups is 1. The predicted octanol–water partition coefficient (Wildman–Crippen LogP) is 3.17. The zero-order valence-corrected chi connectivity index (χ0v) is 15.6. The summed E-state index contributed by atoms with van der Waals surface area (Å²) in [5.74, 6) is 0.340. The summed E-state index contributed by atoms with van der Waals surface area (Å²) < 4.78 is 7.33. The van der Waals surface area contributed by atoms with Crippen LogP contribution in [-0.2, 0) is 16.6 Å². The number of ether oxygens (including phenoxy) is 1. The Morgan fingerprint density at radius 2 is 2.04 bits per heavy atom. The number of anilines is 1. The van der Waals surface area contributed by atoms with Gasteiger partial charge in [0.05, 0.1) is 29.8 Å². The third-order valence-corrected chi connectivity index (χ3v) is 5.31. The molecule has 7 nitrogen and oxygen atoms in total. The van der Waals surface area contributed by atoms with Gasteiger partial charge in [0.15, 0.2) is 0 Å². The van der Waals surface area contributed by atoms with Gasteiger partial charge in [-0.3, -0.25) is 10.1 Å². The van der Waals surface area contributed by atoms with Crippen molar-refractivity contribution in [2.75, 3.05) is 12.4 Å². The molecular weight excluding hydrogens is 342 g/mol. The van der Waals surface area contributed by atoms with Crippen LogP contribution in [0.5, 0.6) is 0 Å². The number of amides is 1. The molecule has 1 N–H and O–H groups in total. The highest BCUT2D eigenvalue weighted by molar-refractivity contribution is 5.92. The number of hydrogen-bond acceptors (Lipinski definition) is 5. The lowest BCUT2D eigenvalue weighted by Crippen LogP contribution is -2.30. The van der Waals surface area contributed by atoms with Crippen molar-refractivity contribution in [2.45, 2.75) is 31.8 Å². The number of benzene rings is 1. The number of nitrogens with zero attached hydrogens (tertiary/aromatic N) is 4. The molecule has 1 aliphatic rings. The number of aryl methyl sites for hydroxylation is 1. The minimum atomic E-state index is -0.00769. The van der Waals surface area contributed by atoms with E-state index < -0.39 is 0 Å². The molecule has 1 fully saturated rings. The number of carbonyl (C=O) groups excluding carboxylic acids is 1. The number of fused-ring (bicyclic) bond motifs is 1. The average Bonchev–Trinajstić information content (AvgIpc) is 3.13. The van der Waals surface area contributed by atoms with Gasteiger partial charge in [0.25, 0.3) is 0 Å². The summed E-state index contributed by atoms with van der Waals surface area (Å²) in [6.45, 7) is 0. The Morgan fingerprint density at radius 1 is 1.22 bits per heavy atom. The molecule has 0 saturated heterocycles. The summed E-state index contributed by atoms with van der Waals surface area (Å²) in [5, 5.41) is 3.81. The molecule has 7 heteroatoms. The van der Waals surface area contributed by atoms with E-state index in [2.05, 4.69) is 20.3 Å². The van der Waals surface area contributed by atoms with E-state index in [1.165, 1.54) is 0 Å². The summed E-state index contributed by atoms with van der Waals surface area (Å²) in [5.41, 5.74) is 2.83. The van der Waals surface area contributed by atoms with Crippen molar-refractivity contribution in [2.24, 2.45) is 13.0 Å². The molecule has 1 saturated carbocycles. The first-order valence-corrected chi connectivity index (χ1v) is 9.21. The van der Waals surface area contributed by atoms with E-state index in [4.69, 9.17) is 4.74 Å². The largest absolute Gasteiger partial charge is 0.381 e.